The van der Waals surface area contributed by atoms with Crippen LogP contribution in [0, 0.1) is 0 Å². The van der Waals surface area contributed by atoms with Gasteiger partial charge < -0.3 is 15.0 Å². The molecule has 1 aliphatic rings. The molecule has 1 saturated heterocycles. The molecule has 1 aromatic rings. The Morgan fingerprint density at radius 2 is 2.37 bits per heavy atom. The van der Waals surface area contributed by atoms with Crippen LogP contribution in [-0.4, -0.2) is 41.7 Å². The van der Waals surface area contributed by atoms with Crippen LogP contribution >= 0.6 is 0 Å². The van der Waals surface area contributed by atoms with Gasteiger partial charge in [-0.05, 0) is 19.8 Å². The molecule has 1 aliphatic heterocycles. The molecular formula is C14H24N4O. The van der Waals surface area contributed by atoms with Crippen molar-refractivity contribution in [3.8, 4) is 5.88 Å². The number of ether oxygens (including phenoxy) is 1. The lowest BCUT2D eigenvalue weighted by Crippen LogP contribution is -2.41. The van der Waals surface area contributed by atoms with Crippen LogP contribution in [0.5, 0.6) is 5.88 Å². The molecule has 2 rings (SSSR count). The highest BCUT2D eigenvalue weighted by molar-refractivity contribution is 5.35. The Balaban J connectivity index is 2.04. The van der Waals surface area contributed by atoms with Crippen LogP contribution in [-0.2, 0) is 0 Å². The second-order valence-corrected chi connectivity index (χ2v) is 5.18. The standard InChI is InChI=1S/C14H24N4O/c1-4-19-13-7-8-15-14(17-13)18-9-5-6-12(18)10-16-11(2)3/h7-8,11-12,16H,4-6,9-10H2,1-3H3. The maximum absolute atomic E-state index is 5.45. The van der Waals surface area contributed by atoms with Crippen molar-refractivity contribution in [3.63, 3.8) is 0 Å². The maximum atomic E-state index is 5.45. The van der Waals surface area contributed by atoms with E-state index in [4.69, 9.17) is 4.74 Å². The summed E-state index contributed by atoms with van der Waals surface area (Å²) in [4.78, 5) is 11.2. The topological polar surface area (TPSA) is 50.3 Å². The van der Waals surface area contributed by atoms with Crippen molar-refractivity contribution < 1.29 is 4.74 Å². The lowest BCUT2D eigenvalue weighted by molar-refractivity contribution is 0.326. The highest BCUT2D eigenvalue weighted by Gasteiger charge is 2.26. The Morgan fingerprint density at radius 3 is 3.11 bits per heavy atom. The van der Waals surface area contributed by atoms with E-state index in [-0.39, 0.29) is 0 Å². The summed E-state index contributed by atoms with van der Waals surface area (Å²) >= 11 is 0. The second-order valence-electron chi connectivity index (χ2n) is 5.18. The molecule has 0 aromatic carbocycles. The molecule has 0 saturated carbocycles. The Labute approximate surface area is 115 Å². The van der Waals surface area contributed by atoms with E-state index >= 15 is 0 Å². The first-order valence-electron chi connectivity index (χ1n) is 7.16. The van der Waals surface area contributed by atoms with Crippen LogP contribution in [0.25, 0.3) is 0 Å². The lowest BCUT2D eigenvalue weighted by Gasteiger charge is -2.25. The van der Waals surface area contributed by atoms with Crippen molar-refractivity contribution in [2.24, 2.45) is 0 Å². The van der Waals surface area contributed by atoms with Crippen molar-refractivity contribution in [1.29, 1.82) is 0 Å². The van der Waals surface area contributed by atoms with Gasteiger partial charge in [-0.3, -0.25) is 0 Å². The highest BCUT2D eigenvalue weighted by atomic mass is 16.5. The molecule has 1 atom stereocenters. The number of rotatable bonds is 6. The Kier molecular flexibility index (Phi) is 4.96. The maximum Gasteiger partial charge on any atom is 0.228 e. The second kappa shape index (κ2) is 6.70. The van der Waals surface area contributed by atoms with Gasteiger partial charge in [0.05, 0.1) is 6.61 Å². The summed E-state index contributed by atoms with van der Waals surface area (Å²) < 4.78 is 5.45. The summed E-state index contributed by atoms with van der Waals surface area (Å²) in [6.45, 7) is 8.96. The van der Waals surface area contributed by atoms with Crippen molar-refractivity contribution >= 4 is 5.95 Å². The van der Waals surface area contributed by atoms with E-state index in [0.717, 1.165) is 19.0 Å². The minimum absolute atomic E-state index is 0.485. The first kappa shape index (κ1) is 14.1. The van der Waals surface area contributed by atoms with E-state index in [9.17, 15) is 0 Å². The lowest BCUT2D eigenvalue weighted by atomic mass is 10.2. The molecule has 0 spiro atoms. The fourth-order valence-electron chi connectivity index (χ4n) is 2.38. The van der Waals surface area contributed by atoms with Crippen LogP contribution in [0.2, 0.25) is 0 Å². The predicted molar refractivity (Wildman–Crippen MR) is 76.7 cm³/mol. The summed E-state index contributed by atoms with van der Waals surface area (Å²) in [6.07, 6.45) is 4.17. The molecule has 19 heavy (non-hydrogen) atoms. The summed E-state index contributed by atoms with van der Waals surface area (Å²) in [6, 6.07) is 2.81. The summed E-state index contributed by atoms with van der Waals surface area (Å²) in [5.41, 5.74) is 0. The van der Waals surface area contributed by atoms with Crippen molar-refractivity contribution in [3.05, 3.63) is 12.3 Å². The molecule has 1 aromatic heterocycles. The first-order chi connectivity index (χ1) is 9.20. The Morgan fingerprint density at radius 1 is 1.53 bits per heavy atom. The molecule has 0 radical (unpaired) electrons. The zero-order chi connectivity index (χ0) is 13.7. The molecule has 106 valence electrons. The van der Waals surface area contributed by atoms with Gasteiger partial charge in [0.1, 0.15) is 0 Å². The fraction of sp³-hybridized carbons (Fsp3) is 0.714. The molecule has 0 amide bonds. The molecule has 1 fully saturated rings. The number of nitrogens with one attached hydrogen (secondary N) is 1. The number of nitrogens with zero attached hydrogens (tertiary/aromatic N) is 3. The minimum Gasteiger partial charge on any atom is -0.478 e. The third-order valence-corrected chi connectivity index (χ3v) is 3.31. The van der Waals surface area contributed by atoms with E-state index in [1.54, 1.807) is 6.20 Å². The molecule has 1 unspecified atom stereocenters. The summed E-state index contributed by atoms with van der Waals surface area (Å²) in [7, 11) is 0. The Hall–Kier alpha value is -1.36. The van der Waals surface area contributed by atoms with Gasteiger partial charge in [-0.25, -0.2) is 4.98 Å². The molecule has 0 aliphatic carbocycles. The van der Waals surface area contributed by atoms with Crippen LogP contribution in [0.3, 0.4) is 0 Å². The van der Waals surface area contributed by atoms with Gasteiger partial charge >= 0.3 is 0 Å². The number of hydrogen-bond donors (Lipinski definition) is 1. The number of hydrogen-bond acceptors (Lipinski definition) is 5. The largest absolute Gasteiger partial charge is 0.478 e. The summed E-state index contributed by atoms with van der Waals surface area (Å²) in [5.74, 6) is 1.45. The van der Waals surface area contributed by atoms with Gasteiger partial charge in [-0.15, -0.1) is 0 Å². The first-order valence-corrected chi connectivity index (χ1v) is 7.16. The molecule has 5 heteroatoms. The predicted octanol–water partition coefficient (Wildman–Crippen LogP) is 1.84. The number of anilines is 1. The van der Waals surface area contributed by atoms with Gasteiger partial charge in [0.15, 0.2) is 0 Å². The van der Waals surface area contributed by atoms with E-state index in [0.29, 0.717) is 24.6 Å². The molecule has 1 N–H and O–H groups in total. The van der Waals surface area contributed by atoms with E-state index in [1.165, 1.54) is 12.8 Å². The van der Waals surface area contributed by atoms with Crippen LogP contribution in [0.15, 0.2) is 12.3 Å². The minimum atomic E-state index is 0.485. The zero-order valence-corrected chi connectivity index (χ0v) is 12.1. The van der Waals surface area contributed by atoms with Gasteiger partial charge in [-0.2, -0.15) is 4.98 Å². The van der Waals surface area contributed by atoms with Crippen molar-refractivity contribution in [2.45, 2.75) is 45.7 Å². The smallest absolute Gasteiger partial charge is 0.228 e. The van der Waals surface area contributed by atoms with Crippen LogP contribution in [0.1, 0.15) is 33.6 Å². The van der Waals surface area contributed by atoms with Gasteiger partial charge in [-0.1, -0.05) is 13.8 Å². The quantitative estimate of drug-likeness (QED) is 0.849. The third kappa shape index (κ3) is 3.80. The average Bonchev–Trinajstić information content (AvgIpc) is 2.85. The molecular weight excluding hydrogens is 240 g/mol. The molecule has 2 heterocycles. The van der Waals surface area contributed by atoms with E-state index in [1.807, 2.05) is 13.0 Å². The SMILES string of the molecule is CCOc1ccnc(N2CCCC2CNC(C)C)n1. The summed E-state index contributed by atoms with van der Waals surface area (Å²) in [5, 5.41) is 3.50. The average molecular weight is 264 g/mol. The van der Waals surface area contributed by atoms with E-state index in [2.05, 4.69) is 34.0 Å². The van der Waals surface area contributed by atoms with Gasteiger partial charge in [0, 0.05) is 37.4 Å². The van der Waals surface area contributed by atoms with Crippen LogP contribution < -0.4 is 15.0 Å². The fourth-order valence-corrected chi connectivity index (χ4v) is 2.38. The molecule has 0 bridgehead atoms. The normalized spacial score (nSPS) is 19.2. The number of aromatic nitrogens is 2. The highest BCUT2D eigenvalue weighted by Crippen LogP contribution is 2.23. The zero-order valence-electron chi connectivity index (χ0n) is 12.1. The van der Waals surface area contributed by atoms with Crippen molar-refractivity contribution in [2.75, 3.05) is 24.6 Å². The van der Waals surface area contributed by atoms with Crippen molar-refractivity contribution in [1.82, 2.24) is 15.3 Å². The monoisotopic (exact) mass is 264 g/mol. The third-order valence-electron chi connectivity index (χ3n) is 3.31. The van der Waals surface area contributed by atoms with Gasteiger partial charge in [0.2, 0.25) is 11.8 Å². The van der Waals surface area contributed by atoms with Crippen LogP contribution in [0.4, 0.5) is 5.95 Å². The van der Waals surface area contributed by atoms with E-state index < -0.39 is 0 Å². The van der Waals surface area contributed by atoms with Gasteiger partial charge in [0.25, 0.3) is 0 Å². The molecule has 5 nitrogen and oxygen atoms in total. The Bertz CT molecular complexity index is 397.